The molecule has 0 atom stereocenters. The van der Waals surface area contributed by atoms with Crippen LogP contribution < -0.4 is 0 Å². The zero-order chi connectivity index (χ0) is 7.23. The van der Waals surface area contributed by atoms with Crippen LogP contribution in [0.2, 0.25) is 0 Å². The molecule has 0 saturated carbocycles. The van der Waals surface area contributed by atoms with E-state index in [4.69, 9.17) is 5.11 Å². The molecule has 1 aromatic heterocycles. The molecule has 3 radical (unpaired) electrons. The van der Waals surface area contributed by atoms with Crippen LogP contribution in [0.15, 0.2) is 24.5 Å². The van der Waals surface area contributed by atoms with Crippen LogP contribution in [0.5, 0.6) is 0 Å². The van der Waals surface area contributed by atoms with Crippen LogP contribution in [0, 0.1) is 0 Å². The van der Waals surface area contributed by atoms with Gasteiger partial charge in [-0.3, -0.25) is 4.98 Å². The molecule has 0 aliphatic rings. The molecule has 1 heterocycles. The van der Waals surface area contributed by atoms with E-state index in [1.165, 1.54) is 5.56 Å². The highest BCUT2D eigenvalue weighted by Gasteiger charge is 1.88. The number of aliphatic hydroxyl groups is 1. The smallest absolute Gasteiger partial charge is 0.0434 e. The molecule has 0 aliphatic heterocycles. The van der Waals surface area contributed by atoms with Crippen LogP contribution in [-0.4, -0.2) is 25.1 Å². The molecule has 0 aromatic carbocycles. The van der Waals surface area contributed by atoms with Crippen molar-refractivity contribution in [3.8, 4) is 0 Å². The number of aliphatic hydroxyl groups excluding tert-OH is 1. The average Bonchev–Trinajstić information content (AvgIpc) is 2.03. The summed E-state index contributed by atoms with van der Waals surface area (Å²) in [4.78, 5) is 3.89. The molecule has 2 nitrogen and oxygen atoms in total. The van der Waals surface area contributed by atoms with Crippen LogP contribution in [0.1, 0.15) is 12.0 Å². The maximum absolute atomic E-state index is 8.51. The fourth-order valence-corrected chi connectivity index (χ4v) is 0.833. The van der Waals surface area contributed by atoms with Gasteiger partial charge in [0.05, 0.1) is 0 Å². The van der Waals surface area contributed by atoms with Gasteiger partial charge in [-0.2, -0.15) is 0 Å². The van der Waals surface area contributed by atoms with Crippen LogP contribution in [0.25, 0.3) is 0 Å². The highest BCUT2D eigenvalue weighted by molar-refractivity contribution is 5.75. The van der Waals surface area contributed by atoms with Crippen molar-refractivity contribution < 1.29 is 5.11 Å². The van der Waals surface area contributed by atoms with Crippen molar-refractivity contribution in [1.82, 2.24) is 4.98 Å². The molecule has 0 aliphatic carbocycles. The van der Waals surface area contributed by atoms with Gasteiger partial charge in [0.15, 0.2) is 0 Å². The Hall–Kier alpha value is -0.825. The summed E-state index contributed by atoms with van der Waals surface area (Å²) in [5.41, 5.74) is 1.24. The number of nitrogens with zero attached hydrogens (tertiary/aromatic N) is 1. The van der Waals surface area contributed by atoms with Gasteiger partial charge in [0.25, 0.3) is 0 Å². The summed E-state index contributed by atoms with van der Waals surface area (Å²) in [5, 5.41) is 8.51. The Balaban J connectivity index is 0.000001000. The van der Waals surface area contributed by atoms with E-state index in [0.717, 1.165) is 12.8 Å². The third-order valence-electron chi connectivity index (χ3n) is 1.37. The first kappa shape index (κ1) is 10.2. The lowest BCUT2D eigenvalue weighted by Gasteiger charge is -1.95. The lowest BCUT2D eigenvalue weighted by atomic mass is 10.1. The molecule has 1 N–H and O–H groups in total. The third kappa shape index (κ3) is 3.78. The zero-order valence-electron chi connectivity index (χ0n) is 6.40. The number of aryl methyl sites for hydroxylation is 1. The lowest BCUT2D eigenvalue weighted by molar-refractivity contribution is 0.288. The molecule has 0 saturated heterocycles. The van der Waals surface area contributed by atoms with Crippen molar-refractivity contribution in [1.29, 1.82) is 0 Å². The van der Waals surface area contributed by atoms with E-state index in [1.807, 2.05) is 12.1 Å². The molecule has 1 rings (SSSR count). The van der Waals surface area contributed by atoms with Gasteiger partial charge in [0.1, 0.15) is 0 Å². The second-order valence-electron chi connectivity index (χ2n) is 2.18. The third-order valence-corrected chi connectivity index (χ3v) is 1.37. The highest BCUT2D eigenvalue weighted by Crippen LogP contribution is 1.99. The van der Waals surface area contributed by atoms with Crippen LogP contribution in [0.4, 0.5) is 0 Å². The predicted molar refractivity (Wildman–Crippen MR) is 45.4 cm³/mol. The average molecular weight is 148 g/mol. The quantitative estimate of drug-likeness (QED) is 0.637. The van der Waals surface area contributed by atoms with Crippen molar-refractivity contribution in [2.45, 2.75) is 12.8 Å². The molecule has 11 heavy (non-hydrogen) atoms. The van der Waals surface area contributed by atoms with E-state index >= 15 is 0 Å². The maximum atomic E-state index is 8.51. The van der Waals surface area contributed by atoms with Crippen molar-refractivity contribution in [2.75, 3.05) is 6.61 Å². The Labute approximate surface area is 68.9 Å². The van der Waals surface area contributed by atoms with Crippen molar-refractivity contribution in [3.63, 3.8) is 0 Å². The Morgan fingerprint density at radius 2 is 1.91 bits per heavy atom. The van der Waals surface area contributed by atoms with E-state index < -0.39 is 0 Å². The SMILES string of the molecule is OCCCc1ccncc1.[B]. The van der Waals surface area contributed by atoms with Gasteiger partial charge in [-0.05, 0) is 30.5 Å². The Morgan fingerprint density at radius 1 is 1.27 bits per heavy atom. The number of hydrogen-bond donors (Lipinski definition) is 1. The maximum Gasteiger partial charge on any atom is 0.0434 e. The molecule has 1 aromatic rings. The van der Waals surface area contributed by atoms with Crippen LogP contribution in [-0.2, 0) is 6.42 Å². The second kappa shape index (κ2) is 5.92. The molecule has 0 unspecified atom stereocenters. The van der Waals surface area contributed by atoms with E-state index in [2.05, 4.69) is 4.98 Å². The second-order valence-corrected chi connectivity index (χ2v) is 2.18. The summed E-state index contributed by atoms with van der Waals surface area (Å²) in [6.07, 6.45) is 5.32. The summed E-state index contributed by atoms with van der Waals surface area (Å²) in [7, 11) is 0. The number of rotatable bonds is 3. The summed E-state index contributed by atoms with van der Waals surface area (Å²) >= 11 is 0. The Kier molecular flexibility index (Phi) is 5.48. The minimum atomic E-state index is 0. The molecule has 0 bridgehead atoms. The van der Waals surface area contributed by atoms with Crippen molar-refractivity contribution >= 4 is 8.41 Å². The van der Waals surface area contributed by atoms with E-state index in [0.29, 0.717) is 0 Å². The fourth-order valence-electron chi connectivity index (χ4n) is 0.833. The fraction of sp³-hybridized carbons (Fsp3) is 0.375. The molecule has 3 heteroatoms. The molecule has 0 fully saturated rings. The van der Waals surface area contributed by atoms with Gasteiger partial charge in [-0.15, -0.1) is 0 Å². The summed E-state index contributed by atoms with van der Waals surface area (Å²) in [5.74, 6) is 0. The number of pyridine rings is 1. The minimum Gasteiger partial charge on any atom is -0.396 e. The van der Waals surface area contributed by atoms with Gasteiger partial charge in [0, 0.05) is 27.4 Å². The first-order chi connectivity index (χ1) is 4.93. The van der Waals surface area contributed by atoms with Crippen molar-refractivity contribution in [2.24, 2.45) is 0 Å². The molecular formula is C8H11BNO. The van der Waals surface area contributed by atoms with Gasteiger partial charge in [-0.1, -0.05) is 0 Å². The van der Waals surface area contributed by atoms with Gasteiger partial charge < -0.3 is 5.11 Å². The Bertz CT molecular complexity index is 179. The Morgan fingerprint density at radius 3 is 2.45 bits per heavy atom. The summed E-state index contributed by atoms with van der Waals surface area (Å²) in [6, 6.07) is 3.94. The van der Waals surface area contributed by atoms with Gasteiger partial charge in [-0.25, -0.2) is 0 Å². The van der Waals surface area contributed by atoms with Crippen LogP contribution in [0.3, 0.4) is 0 Å². The van der Waals surface area contributed by atoms with E-state index in [-0.39, 0.29) is 15.0 Å². The molecule has 0 amide bonds. The van der Waals surface area contributed by atoms with Gasteiger partial charge in [0.2, 0.25) is 0 Å². The van der Waals surface area contributed by atoms with E-state index in [9.17, 15) is 0 Å². The first-order valence-electron chi connectivity index (χ1n) is 3.43. The number of hydrogen-bond acceptors (Lipinski definition) is 2. The van der Waals surface area contributed by atoms with Crippen molar-refractivity contribution in [3.05, 3.63) is 30.1 Å². The monoisotopic (exact) mass is 148 g/mol. The zero-order valence-corrected chi connectivity index (χ0v) is 6.40. The van der Waals surface area contributed by atoms with E-state index in [1.54, 1.807) is 12.4 Å². The lowest BCUT2D eigenvalue weighted by Crippen LogP contribution is -1.88. The molecule has 57 valence electrons. The first-order valence-corrected chi connectivity index (χ1v) is 3.43. The summed E-state index contributed by atoms with van der Waals surface area (Å²) in [6.45, 7) is 0.266. The topological polar surface area (TPSA) is 33.1 Å². The normalized spacial score (nSPS) is 8.82. The number of aromatic nitrogens is 1. The predicted octanol–water partition coefficient (Wildman–Crippen LogP) is 0.626. The van der Waals surface area contributed by atoms with Gasteiger partial charge >= 0.3 is 0 Å². The molecular weight excluding hydrogens is 137 g/mol. The summed E-state index contributed by atoms with van der Waals surface area (Å²) < 4.78 is 0. The highest BCUT2D eigenvalue weighted by atomic mass is 16.2. The molecule has 0 spiro atoms. The van der Waals surface area contributed by atoms with Crippen LogP contribution >= 0.6 is 0 Å². The standard InChI is InChI=1S/C8H11NO.B/c10-7-1-2-8-3-5-9-6-4-8;/h3-6,10H,1-2,7H2;. The largest absolute Gasteiger partial charge is 0.396 e. The minimum absolute atomic E-state index is 0.